The number of nitrogens with one attached hydrogen (secondary N) is 1. The van der Waals surface area contributed by atoms with Gasteiger partial charge in [0.1, 0.15) is 0 Å². The Bertz CT molecular complexity index is 324. The molecule has 0 aliphatic rings. The van der Waals surface area contributed by atoms with E-state index in [1.807, 2.05) is 5.32 Å². The van der Waals surface area contributed by atoms with E-state index < -0.39 is 0 Å². The summed E-state index contributed by atoms with van der Waals surface area (Å²) in [4.78, 5) is 11.5. The van der Waals surface area contributed by atoms with Crippen LogP contribution in [0.1, 0.15) is 19.8 Å². The first kappa shape index (κ1) is 13.0. The lowest BCUT2D eigenvalue weighted by molar-refractivity contribution is -0.643. The van der Waals surface area contributed by atoms with Crippen molar-refractivity contribution in [2.75, 3.05) is 18.4 Å². The van der Waals surface area contributed by atoms with Gasteiger partial charge in [0.2, 0.25) is 0 Å². The number of amides is 1. The van der Waals surface area contributed by atoms with Crippen LogP contribution in [0.15, 0.2) is 24.3 Å². The van der Waals surface area contributed by atoms with Gasteiger partial charge in [-0.1, -0.05) is 24.9 Å². The van der Waals surface area contributed by atoms with Crippen molar-refractivity contribution in [3.8, 4) is 0 Å². The molecule has 0 atom stereocenters. The van der Waals surface area contributed by atoms with Crippen molar-refractivity contribution in [3.63, 3.8) is 0 Å². The van der Waals surface area contributed by atoms with Crippen molar-refractivity contribution in [1.29, 1.82) is 0 Å². The summed E-state index contributed by atoms with van der Waals surface area (Å²) in [5.41, 5.74) is 0.790. The van der Waals surface area contributed by atoms with Gasteiger partial charge in [0, 0.05) is 10.7 Å². The van der Waals surface area contributed by atoms with Crippen LogP contribution in [0.4, 0.5) is 5.69 Å². The molecule has 0 aromatic heterocycles. The minimum absolute atomic E-state index is 0.0263. The van der Waals surface area contributed by atoms with Gasteiger partial charge in [-0.2, -0.15) is 0 Å². The van der Waals surface area contributed by atoms with Crippen LogP contribution in [0.5, 0.6) is 0 Å². The van der Waals surface area contributed by atoms with Crippen LogP contribution in [-0.4, -0.2) is 19.0 Å². The fourth-order valence-electron chi connectivity index (χ4n) is 1.33. The first-order valence-corrected chi connectivity index (χ1v) is 5.97. The number of carbonyl (C=O) groups is 1. The van der Waals surface area contributed by atoms with E-state index in [1.165, 1.54) is 0 Å². The predicted molar refractivity (Wildman–Crippen MR) is 66.6 cm³/mol. The van der Waals surface area contributed by atoms with Gasteiger partial charge in [0.15, 0.2) is 6.54 Å². The van der Waals surface area contributed by atoms with Crippen LogP contribution in [0, 0.1) is 0 Å². The molecule has 0 unspecified atom stereocenters. The van der Waals surface area contributed by atoms with E-state index in [0.717, 1.165) is 25.1 Å². The second-order valence-corrected chi connectivity index (χ2v) is 4.13. The summed E-state index contributed by atoms with van der Waals surface area (Å²) >= 11 is 5.75. The molecule has 0 fully saturated rings. The fourth-order valence-corrected chi connectivity index (χ4v) is 1.45. The molecule has 3 nitrogen and oxygen atoms in total. The Morgan fingerprint density at radius 3 is 2.69 bits per heavy atom. The van der Waals surface area contributed by atoms with Gasteiger partial charge in [0.25, 0.3) is 5.91 Å². The average Bonchev–Trinajstić information content (AvgIpc) is 2.28. The Hall–Kier alpha value is -1.06. The van der Waals surface area contributed by atoms with Crippen molar-refractivity contribution >= 4 is 23.2 Å². The number of hydrogen-bond acceptors (Lipinski definition) is 1. The second-order valence-electron chi connectivity index (χ2n) is 3.69. The summed E-state index contributed by atoms with van der Waals surface area (Å²) in [7, 11) is 0. The number of nitrogens with two attached hydrogens (primary N) is 1. The van der Waals surface area contributed by atoms with Crippen LogP contribution < -0.4 is 10.6 Å². The SMILES string of the molecule is CCCC[NH2+]CC(=O)Nc1ccc(Cl)cc1. The van der Waals surface area contributed by atoms with Gasteiger partial charge < -0.3 is 10.6 Å². The van der Waals surface area contributed by atoms with Gasteiger partial charge in [-0.15, -0.1) is 0 Å². The van der Waals surface area contributed by atoms with Crippen molar-refractivity contribution < 1.29 is 10.1 Å². The third kappa shape index (κ3) is 5.14. The Morgan fingerprint density at radius 1 is 1.38 bits per heavy atom. The van der Waals surface area contributed by atoms with Crippen LogP contribution in [0.3, 0.4) is 0 Å². The van der Waals surface area contributed by atoms with Crippen molar-refractivity contribution in [2.45, 2.75) is 19.8 Å². The number of benzene rings is 1. The molecule has 0 aliphatic carbocycles. The van der Waals surface area contributed by atoms with Gasteiger partial charge in [-0.05, 0) is 30.7 Å². The van der Waals surface area contributed by atoms with E-state index in [-0.39, 0.29) is 5.91 Å². The Labute approximate surface area is 101 Å². The number of rotatable bonds is 6. The molecule has 0 aliphatic heterocycles. The topological polar surface area (TPSA) is 45.7 Å². The molecule has 1 aromatic rings. The second kappa shape index (κ2) is 7.25. The highest BCUT2D eigenvalue weighted by Crippen LogP contribution is 2.12. The number of hydrogen-bond donors (Lipinski definition) is 2. The molecule has 1 rings (SSSR count). The summed E-state index contributed by atoms with van der Waals surface area (Å²) in [5, 5.41) is 5.51. The first-order chi connectivity index (χ1) is 7.72. The Balaban J connectivity index is 2.26. The molecule has 0 bridgehead atoms. The predicted octanol–water partition coefficient (Wildman–Crippen LogP) is 1.64. The number of quaternary nitrogens is 1. The Morgan fingerprint density at radius 2 is 2.06 bits per heavy atom. The lowest BCUT2D eigenvalue weighted by Gasteiger charge is -2.04. The monoisotopic (exact) mass is 241 g/mol. The fraction of sp³-hybridized carbons (Fsp3) is 0.417. The van der Waals surface area contributed by atoms with Gasteiger partial charge in [-0.25, -0.2) is 0 Å². The number of halogens is 1. The molecule has 4 heteroatoms. The van der Waals surface area contributed by atoms with Gasteiger partial charge in [-0.3, -0.25) is 4.79 Å². The van der Waals surface area contributed by atoms with Crippen LogP contribution >= 0.6 is 11.6 Å². The molecule has 16 heavy (non-hydrogen) atoms. The quantitative estimate of drug-likeness (QED) is 0.731. The molecule has 0 heterocycles. The molecule has 0 saturated heterocycles. The number of unbranched alkanes of at least 4 members (excludes halogenated alkanes) is 1. The Kier molecular flexibility index (Phi) is 5.90. The highest BCUT2D eigenvalue weighted by atomic mass is 35.5. The maximum Gasteiger partial charge on any atom is 0.279 e. The zero-order valence-corrected chi connectivity index (χ0v) is 10.3. The van der Waals surface area contributed by atoms with Crippen LogP contribution in [0.2, 0.25) is 5.02 Å². The molecule has 88 valence electrons. The first-order valence-electron chi connectivity index (χ1n) is 5.59. The molecule has 1 aromatic carbocycles. The number of carbonyl (C=O) groups excluding carboxylic acids is 1. The van der Waals surface area contributed by atoms with E-state index in [4.69, 9.17) is 11.6 Å². The lowest BCUT2D eigenvalue weighted by Crippen LogP contribution is -2.86. The molecular weight excluding hydrogens is 224 g/mol. The highest BCUT2D eigenvalue weighted by molar-refractivity contribution is 6.30. The highest BCUT2D eigenvalue weighted by Gasteiger charge is 2.03. The maximum atomic E-state index is 11.5. The molecule has 0 spiro atoms. The van der Waals surface area contributed by atoms with E-state index in [0.29, 0.717) is 11.6 Å². The third-order valence-corrected chi connectivity index (χ3v) is 2.47. The van der Waals surface area contributed by atoms with E-state index in [2.05, 4.69) is 12.2 Å². The lowest BCUT2D eigenvalue weighted by atomic mass is 10.3. The van der Waals surface area contributed by atoms with Crippen LogP contribution in [0.25, 0.3) is 0 Å². The van der Waals surface area contributed by atoms with E-state index in [9.17, 15) is 4.79 Å². The summed E-state index contributed by atoms with van der Waals surface area (Å²) in [6, 6.07) is 7.12. The zero-order chi connectivity index (χ0) is 11.8. The third-order valence-electron chi connectivity index (χ3n) is 2.22. The van der Waals surface area contributed by atoms with Gasteiger partial charge >= 0.3 is 0 Å². The smallest absolute Gasteiger partial charge is 0.279 e. The maximum absolute atomic E-state index is 11.5. The summed E-state index contributed by atoms with van der Waals surface area (Å²) in [6.45, 7) is 3.62. The molecule has 0 saturated carbocycles. The summed E-state index contributed by atoms with van der Waals surface area (Å²) in [5.74, 6) is 0.0263. The molecule has 1 amide bonds. The van der Waals surface area contributed by atoms with E-state index in [1.54, 1.807) is 24.3 Å². The molecular formula is C12H18ClN2O+. The standard InChI is InChI=1S/C12H17ClN2O/c1-2-3-8-14-9-12(16)15-11-6-4-10(13)5-7-11/h4-7,14H,2-3,8-9H2,1H3,(H,15,16)/p+1. The van der Waals surface area contributed by atoms with E-state index >= 15 is 0 Å². The minimum atomic E-state index is 0.0263. The summed E-state index contributed by atoms with van der Waals surface area (Å²) in [6.07, 6.45) is 2.31. The number of anilines is 1. The average molecular weight is 242 g/mol. The summed E-state index contributed by atoms with van der Waals surface area (Å²) < 4.78 is 0. The van der Waals surface area contributed by atoms with Gasteiger partial charge in [0.05, 0.1) is 6.54 Å². The van der Waals surface area contributed by atoms with Crippen molar-refractivity contribution in [2.24, 2.45) is 0 Å². The molecule has 0 radical (unpaired) electrons. The van der Waals surface area contributed by atoms with Crippen molar-refractivity contribution in [1.82, 2.24) is 0 Å². The minimum Gasteiger partial charge on any atom is -0.338 e. The zero-order valence-electron chi connectivity index (χ0n) is 9.50. The normalized spacial score (nSPS) is 10.1. The largest absolute Gasteiger partial charge is 0.338 e. The molecule has 3 N–H and O–H groups in total. The van der Waals surface area contributed by atoms with Crippen LogP contribution in [-0.2, 0) is 4.79 Å². The van der Waals surface area contributed by atoms with Crippen molar-refractivity contribution in [3.05, 3.63) is 29.3 Å².